The van der Waals surface area contributed by atoms with Crippen LogP contribution >= 0.6 is 0 Å². The van der Waals surface area contributed by atoms with Crippen molar-refractivity contribution < 1.29 is 19.0 Å². The summed E-state index contributed by atoms with van der Waals surface area (Å²) >= 11 is 0. The van der Waals surface area contributed by atoms with Gasteiger partial charge in [-0.25, -0.2) is 4.79 Å². The number of likely N-dealkylation sites (N-methyl/N-ethyl adjacent to an activating group) is 1. The molecule has 5 rings (SSSR count). The van der Waals surface area contributed by atoms with Crippen molar-refractivity contribution in [3.8, 4) is 5.75 Å². The summed E-state index contributed by atoms with van der Waals surface area (Å²) in [6.07, 6.45) is 4.21. The maximum atomic E-state index is 12.1. The Morgan fingerprint density at radius 3 is 2.20 bits per heavy atom. The summed E-state index contributed by atoms with van der Waals surface area (Å²) in [5.74, 6) is 0.820. The third-order valence-electron chi connectivity index (χ3n) is 9.30. The summed E-state index contributed by atoms with van der Waals surface area (Å²) in [6, 6.07) is 33.2. The average Bonchev–Trinajstić information content (AvgIpc) is 3.24. The lowest BCUT2D eigenvalue weighted by molar-refractivity contribution is -0.154. The highest BCUT2D eigenvalue weighted by atomic mass is 16.6. The molecule has 5 heteroatoms. The van der Waals surface area contributed by atoms with E-state index in [9.17, 15) is 4.79 Å². The van der Waals surface area contributed by atoms with E-state index in [-0.39, 0.29) is 12.0 Å². The minimum absolute atomic E-state index is 0.157. The van der Waals surface area contributed by atoms with Crippen LogP contribution in [0.1, 0.15) is 83.7 Å². The second-order valence-corrected chi connectivity index (χ2v) is 12.4. The van der Waals surface area contributed by atoms with Gasteiger partial charge in [0.2, 0.25) is 0 Å². The third-order valence-corrected chi connectivity index (χ3v) is 9.30. The molecular weight excluding hydrogens is 570 g/mol. The number of methoxy groups -OCH3 is 1. The molecule has 3 unspecified atom stereocenters. The van der Waals surface area contributed by atoms with Gasteiger partial charge in [0, 0.05) is 26.0 Å². The van der Waals surface area contributed by atoms with Gasteiger partial charge in [0.05, 0.1) is 12.6 Å². The van der Waals surface area contributed by atoms with E-state index in [0.29, 0.717) is 25.6 Å². The SMILES string of the molecule is CCCc1ccc2c(c1)CCc1cc(C(C)c3ccccc3)ccc1C2N(C)CCOc1ccc(CC(OC)C(=O)OCC)cc1. The number of fused-ring (bicyclic) bond motifs is 2. The van der Waals surface area contributed by atoms with Gasteiger partial charge in [-0.3, -0.25) is 4.90 Å². The number of esters is 1. The molecule has 242 valence electrons. The maximum Gasteiger partial charge on any atom is 0.335 e. The van der Waals surface area contributed by atoms with Gasteiger partial charge in [-0.2, -0.15) is 0 Å². The van der Waals surface area contributed by atoms with Gasteiger partial charge in [-0.15, -0.1) is 0 Å². The zero-order valence-electron chi connectivity index (χ0n) is 28.1. The number of carbonyl (C=O) groups is 1. The van der Waals surface area contributed by atoms with Crippen LogP contribution in [0.15, 0.2) is 91.0 Å². The molecule has 0 aliphatic heterocycles. The Balaban J connectivity index is 1.32. The standard InChI is InChI=1S/C41H49NO4/c1-6-11-30-16-22-37-34(26-30)17-18-35-28-33(29(3)32-12-9-8-10-13-32)19-23-38(35)40(37)42(4)24-25-46-36-20-14-31(15-21-36)27-39(44-5)41(43)45-7-2/h8-10,12-16,19-23,26,28-29,39-40H,6-7,11,17-18,24-25,27H2,1-5H3. The molecular formula is C41H49NO4. The highest BCUT2D eigenvalue weighted by Crippen LogP contribution is 2.38. The predicted octanol–water partition coefficient (Wildman–Crippen LogP) is 8.11. The Kier molecular flexibility index (Phi) is 11.7. The summed E-state index contributed by atoms with van der Waals surface area (Å²) in [6.45, 7) is 8.04. The lowest BCUT2D eigenvalue weighted by atomic mass is 9.87. The Labute approximate surface area is 275 Å². The van der Waals surface area contributed by atoms with Crippen molar-refractivity contribution in [1.82, 2.24) is 4.90 Å². The smallest absolute Gasteiger partial charge is 0.335 e. The molecule has 0 spiro atoms. The van der Waals surface area contributed by atoms with E-state index in [0.717, 1.165) is 43.5 Å². The summed E-state index contributed by atoms with van der Waals surface area (Å²) < 4.78 is 16.7. The number of ether oxygens (including phenoxy) is 3. The zero-order valence-corrected chi connectivity index (χ0v) is 28.1. The molecule has 4 aromatic carbocycles. The number of aryl methyl sites for hydroxylation is 3. The Hall–Kier alpha value is -3.93. The normalized spacial score (nSPS) is 15.4. The highest BCUT2D eigenvalue weighted by Gasteiger charge is 2.28. The first-order valence-electron chi connectivity index (χ1n) is 16.8. The van der Waals surface area contributed by atoms with Crippen LogP contribution < -0.4 is 4.74 Å². The van der Waals surface area contributed by atoms with Crippen LogP contribution in [0.2, 0.25) is 0 Å². The molecule has 0 saturated heterocycles. The van der Waals surface area contributed by atoms with Crippen LogP contribution in [-0.4, -0.2) is 50.9 Å². The van der Waals surface area contributed by atoms with E-state index >= 15 is 0 Å². The summed E-state index contributed by atoms with van der Waals surface area (Å²) in [5.41, 5.74) is 10.9. The minimum Gasteiger partial charge on any atom is -0.492 e. The van der Waals surface area contributed by atoms with Crippen molar-refractivity contribution in [1.29, 1.82) is 0 Å². The fraction of sp³-hybridized carbons (Fsp3) is 0.390. The number of hydrogen-bond acceptors (Lipinski definition) is 5. The van der Waals surface area contributed by atoms with E-state index in [1.807, 2.05) is 24.3 Å². The van der Waals surface area contributed by atoms with Crippen LogP contribution in [0.4, 0.5) is 0 Å². The van der Waals surface area contributed by atoms with Gasteiger partial charge in [0.15, 0.2) is 6.10 Å². The third kappa shape index (κ3) is 8.07. The quantitative estimate of drug-likeness (QED) is 0.134. The molecule has 0 saturated carbocycles. The van der Waals surface area contributed by atoms with Gasteiger partial charge >= 0.3 is 5.97 Å². The molecule has 3 atom stereocenters. The molecule has 0 N–H and O–H groups in total. The van der Waals surface area contributed by atoms with Crippen LogP contribution in [0, 0.1) is 0 Å². The van der Waals surface area contributed by atoms with Gasteiger partial charge in [0.25, 0.3) is 0 Å². The van der Waals surface area contributed by atoms with Crippen molar-refractivity contribution >= 4 is 5.97 Å². The molecule has 0 amide bonds. The topological polar surface area (TPSA) is 48.0 Å². The predicted molar refractivity (Wildman–Crippen MR) is 186 cm³/mol. The fourth-order valence-electron chi connectivity index (χ4n) is 6.68. The van der Waals surface area contributed by atoms with E-state index in [1.165, 1.54) is 46.1 Å². The van der Waals surface area contributed by atoms with E-state index in [2.05, 4.69) is 92.5 Å². The Bertz CT molecular complexity index is 1570. The van der Waals surface area contributed by atoms with E-state index < -0.39 is 6.10 Å². The number of rotatable bonds is 14. The highest BCUT2D eigenvalue weighted by molar-refractivity contribution is 5.75. The van der Waals surface area contributed by atoms with Crippen LogP contribution in [0.5, 0.6) is 5.75 Å². The van der Waals surface area contributed by atoms with Gasteiger partial charge < -0.3 is 14.2 Å². The van der Waals surface area contributed by atoms with Crippen molar-refractivity contribution in [3.05, 3.63) is 136 Å². The van der Waals surface area contributed by atoms with E-state index in [1.54, 1.807) is 6.92 Å². The molecule has 0 bridgehead atoms. The Morgan fingerprint density at radius 2 is 1.52 bits per heavy atom. The largest absolute Gasteiger partial charge is 0.492 e. The van der Waals surface area contributed by atoms with Crippen molar-refractivity contribution in [3.63, 3.8) is 0 Å². The summed E-state index contributed by atoms with van der Waals surface area (Å²) in [5, 5.41) is 0. The summed E-state index contributed by atoms with van der Waals surface area (Å²) in [4.78, 5) is 14.6. The van der Waals surface area contributed by atoms with Gasteiger partial charge in [-0.1, -0.05) is 99.1 Å². The first kappa shape index (κ1) is 33.4. The molecule has 5 nitrogen and oxygen atoms in total. The molecule has 4 aromatic rings. The molecule has 0 heterocycles. The second-order valence-electron chi connectivity index (χ2n) is 12.4. The molecule has 1 aliphatic carbocycles. The zero-order chi connectivity index (χ0) is 32.5. The van der Waals surface area contributed by atoms with E-state index in [4.69, 9.17) is 14.2 Å². The molecule has 0 aromatic heterocycles. The maximum absolute atomic E-state index is 12.1. The summed E-state index contributed by atoms with van der Waals surface area (Å²) in [7, 11) is 3.76. The first-order valence-corrected chi connectivity index (χ1v) is 16.8. The molecule has 0 radical (unpaired) electrons. The van der Waals surface area contributed by atoms with Crippen LogP contribution in [-0.2, 0) is 40.0 Å². The van der Waals surface area contributed by atoms with Crippen molar-refractivity contribution in [2.45, 2.75) is 70.9 Å². The number of nitrogens with zero attached hydrogens (tertiary/aromatic N) is 1. The van der Waals surface area contributed by atoms with Crippen LogP contribution in [0.3, 0.4) is 0 Å². The first-order chi connectivity index (χ1) is 22.4. The molecule has 1 aliphatic rings. The van der Waals surface area contributed by atoms with Gasteiger partial charge in [-0.05, 0) is 89.9 Å². The van der Waals surface area contributed by atoms with Crippen molar-refractivity contribution in [2.75, 3.05) is 33.9 Å². The van der Waals surface area contributed by atoms with Crippen LogP contribution in [0.25, 0.3) is 0 Å². The lowest BCUT2D eigenvalue weighted by Gasteiger charge is -2.31. The Morgan fingerprint density at radius 1 is 0.848 bits per heavy atom. The molecule has 0 fully saturated rings. The molecule has 46 heavy (non-hydrogen) atoms. The number of hydrogen-bond donors (Lipinski definition) is 0. The fourth-order valence-corrected chi connectivity index (χ4v) is 6.68. The monoisotopic (exact) mass is 619 g/mol. The minimum atomic E-state index is -0.610. The lowest BCUT2D eigenvalue weighted by Crippen LogP contribution is -2.30. The number of benzene rings is 4. The second kappa shape index (κ2) is 16.1. The number of carbonyl (C=O) groups excluding carboxylic acids is 1. The van der Waals surface area contributed by atoms with Crippen molar-refractivity contribution in [2.24, 2.45) is 0 Å². The van der Waals surface area contributed by atoms with Gasteiger partial charge in [0.1, 0.15) is 12.4 Å². The average molecular weight is 620 g/mol.